The number of anilines is 2. The highest BCUT2D eigenvalue weighted by atomic mass is 19.1. The van der Waals surface area contributed by atoms with E-state index in [1.54, 1.807) is 48.9 Å². The molecular weight excluding hydrogens is 492 g/mol. The average Bonchev–Trinajstić information content (AvgIpc) is 3.57. The number of hydrogen-bond donors (Lipinski definition) is 3. The summed E-state index contributed by atoms with van der Waals surface area (Å²) in [6.07, 6.45) is 4.91. The molecule has 9 nitrogen and oxygen atoms in total. The van der Waals surface area contributed by atoms with Gasteiger partial charge < -0.3 is 10.1 Å². The molecule has 38 heavy (non-hydrogen) atoms. The van der Waals surface area contributed by atoms with Gasteiger partial charge in [0, 0.05) is 36.2 Å². The number of nitrogens with zero attached hydrogens (tertiary/aromatic N) is 4. The van der Waals surface area contributed by atoms with E-state index in [9.17, 15) is 13.6 Å². The number of carbonyl (C=O) groups is 1. The van der Waals surface area contributed by atoms with Crippen LogP contribution in [0.3, 0.4) is 0 Å². The van der Waals surface area contributed by atoms with E-state index < -0.39 is 17.7 Å². The van der Waals surface area contributed by atoms with Crippen molar-refractivity contribution >= 4 is 17.5 Å². The average molecular weight is 516 g/mol. The Kier molecular flexibility index (Phi) is 6.81. The standard InChI is InChI=1S/C27H23F2N7O2/c1-16(2)24-13-26(36(35-24)19-5-3-4-18(28)10-19)34-27(37)33-23-7-6-20(11-22(23)29)38-21-8-9-30-25(12-21)17-14-31-32-15-17/h3-16H,1-2H3,(H,31,32)(H2,33,34,37). The number of aromatic nitrogens is 5. The van der Waals surface area contributed by atoms with E-state index in [-0.39, 0.29) is 17.4 Å². The molecule has 2 aromatic carbocycles. The van der Waals surface area contributed by atoms with Crippen LogP contribution in [0.4, 0.5) is 25.1 Å². The summed E-state index contributed by atoms with van der Waals surface area (Å²) < 4.78 is 35.8. The molecule has 0 bridgehead atoms. The maximum atomic E-state index is 14.8. The molecule has 5 rings (SSSR count). The van der Waals surface area contributed by atoms with E-state index in [0.717, 1.165) is 5.56 Å². The molecule has 0 fully saturated rings. The Balaban J connectivity index is 1.30. The highest BCUT2D eigenvalue weighted by Crippen LogP contribution is 2.28. The number of aromatic amines is 1. The lowest BCUT2D eigenvalue weighted by Crippen LogP contribution is -2.22. The fourth-order valence-corrected chi connectivity index (χ4v) is 3.67. The van der Waals surface area contributed by atoms with Crippen LogP contribution in [0.5, 0.6) is 11.5 Å². The van der Waals surface area contributed by atoms with Gasteiger partial charge in [-0.2, -0.15) is 10.2 Å². The fourth-order valence-electron chi connectivity index (χ4n) is 3.67. The van der Waals surface area contributed by atoms with Crippen molar-refractivity contribution in [3.63, 3.8) is 0 Å². The van der Waals surface area contributed by atoms with Gasteiger partial charge in [-0.05, 0) is 42.3 Å². The second kappa shape index (κ2) is 10.5. The van der Waals surface area contributed by atoms with Gasteiger partial charge in [0.1, 0.15) is 29.0 Å². The van der Waals surface area contributed by atoms with Crippen LogP contribution in [0, 0.1) is 11.6 Å². The van der Waals surface area contributed by atoms with Gasteiger partial charge in [-0.1, -0.05) is 19.9 Å². The molecule has 3 N–H and O–H groups in total. The summed E-state index contributed by atoms with van der Waals surface area (Å²) in [4.78, 5) is 17.0. The number of pyridine rings is 1. The Morgan fingerprint density at radius 1 is 1.03 bits per heavy atom. The lowest BCUT2D eigenvalue weighted by atomic mass is 10.1. The molecule has 0 aliphatic heterocycles. The monoisotopic (exact) mass is 515 g/mol. The van der Waals surface area contributed by atoms with E-state index in [0.29, 0.717) is 28.6 Å². The van der Waals surface area contributed by atoms with Gasteiger partial charge in [0.2, 0.25) is 0 Å². The van der Waals surface area contributed by atoms with Crippen LogP contribution in [-0.2, 0) is 0 Å². The second-order valence-corrected chi connectivity index (χ2v) is 8.69. The van der Waals surface area contributed by atoms with E-state index in [2.05, 4.69) is 30.9 Å². The smallest absolute Gasteiger partial charge is 0.324 e. The molecular formula is C27H23F2N7O2. The zero-order valence-corrected chi connectivity index (χ0v) is 20.4. The van der Waals surface area contributed by atoms with Crippen molar-refractivity contribution in [2.45, 2.75) is 19.8 Å². The molecule has 3 aromatic heterocycles. The number of benzene rings is 2. The van der Waals surface area contributed by atoms with Crippen molar-refractivity contribution in [1.29, 1.82) is 0 Å². The number of nitrogens with one attached hydrogen (secondary N) is 3. The highest BCUT2D eigenvalue weighted by molar-refractivity contribution is 5.99. The van der Waals surface area contributed by atoms with E-state index >= 15 is 0 Å². The molecule has 0 aliphatic rings. The van der Waals surface area contributed by atoms with Crippen LogP contribution in [-0.4, -0.2) is 31.0 Å². The van der Waals surface area contributed by atoms with Gasteiger partial charge in [-0.3, -0.25) is 15.4 Å². The summed E-state index contributed by atoms with van der Waals surface area (Å²) in [5, 5.41) is 16.3. The largest absolute Gasteiger partial charge is 0.457 e. The van der Waals surface area contributed by atoms with Gasteiger partial charge in [0.15, 0.2) is 0 Å². The predicted octanol–water partition coefficient (Wildman–Crippen LogP) is 6.50. The first kappa shape index (κ1) is 24.6. The SMILES string of the molecule is CC(C)c1cc(NC(=O)Nc2ccc(Oc3ccnc(-c4cn[nH]c4)c3)cc2F)n(-c2cccc(F)c2)n1. The molecule has 2 amide bonds. The summed E-state index contributed by atoms with van der Waals surface area (Å²) in [6.45, 7) is 3.90. The number of rotatable bonds is 7. The molecule has 0 spiro atoms. The first-order valence-corrected chi connectivity index (χ1v) is 11.7. The zero-order chi connectivity index (χ0) is 26.6. The number of amides is 2. The highest BCUT2D eigenvalue weighted by Gasteiger charge is 2.16. The molecule has 0 atom stereocenters. The van der Waals surface area contributed by atoms with Crippen LogP contribution in [0.25, 0.3) is 16.9 Å². The van der Waals surface area contributed by atoms with Crippen molar-refractivity contribution in [1.82, 2.24) is 25.0 Å². The minimum Gasteiger partial charge on any atom is -0.457 e. The number of urea groups is 1. The van der Waals surface area contributed by atoms with Crippen molar-refractivity contribution in [2.24, 2.45) is 0 Å². The molecule has 0 aliphatic carbocycles. The molecule has 0 saturated carbocycles. The minimum absolute atomic E-state index is 0.0513. The molecule has 5 aromatic rings. The van der Waals surface area contributed by atoms with Crippen LogP contribution in [0.15, 0.2) is 79.3 Å². The Labute approximate surface area is 216 Å². The minimum atomic E-state index is -0.691. The third-order valence-corrected chi connectivity index (χ3v) is 5.56. The van der Waals surface area contributed by atoms with E-state index in [1.165, 1.54) is 35.0 Å². The van der Waals surface area contributed by atoms with Crippen LogP contribution < -0.4 is 15.4 Å². The van der Waals surface area contributed by atoms with Crippen molar-refractivity contribution < 1.29 is 18.3 Å². The summed E-state index contributed by atoms with van der Waals surface area (Å²) in [6, 6.07) is 14.3. The Hall–Kier alpha value is -5.06. The molecule has 3 heterocycles. The summed E-state index contributed by atoms with van der Waals surface area (Å²) in [5.74, 6) is -0.0568. The Bertz CT molecular complexity index is 1580. The third-order valence-electron chi connectivity index (χ3n) is 5.56. The number of hydrogen-bond acceptors (Lipinski definition) is 5. The number of ether oxygens (including phenoxy) is 1. The molecule has 0 unspecified atom stereocenters. The van der Waals surface area contributed by atoms with Gasteiger partial charge in [-0.25, -0.2) is 18.3 Å². The van der Waals surface area contributed by atoms with E-state index in [1.807, 2.05) is 13.8 Å². The zero-order valence-electron chi connectivity index (χ0n) is 20.4. The molecule has 11 heteroatoms. The first-order valence-electron chi connectivity index (χ1n) is 11.7. The normalized spacial score (nSPS) is 11.0. The molecule has 0 radical (unpaired) electrons. The van der Waals surface area contributed by atoms with Gasteiger partial charge >= 0.3 is 6.03 Å². The lowest BCUT2D eigenvalue weighted by molar-refractivity contribution is 0.262. The van der Waals surface area contributed by atoms with Crippen molar-refractivity contribution in [3.05, 3.63) is 96.6 Å². The second-order valence-electron chi connectivity index (χ2n) is 8.69. The molecule has 192 valence electrons. The lowest BCUT2D eigenvalue weighted by Gasteiger charge is -2.12. The topological polar surface area (TPSA) is 110 Å². The Morgan fingerprint density at radius 3 is 2.61 bits per heavy atom. The van der Waals surface area contributed by atoms with E-state index in [4.69, 9.17) is 4.74 Å². The maximum absolute atomic E-state index is 14.8. The van der Waals surface area contributed by atoms with Crippen molar-refractivity contribution in [3.8, 4) is 28.4 Å². The van der Waals surface area contributed by atoms with Gasteiger partial charge in [-0.15, -0.1) is 0 Å². The third kappa shape index (κ3) is 5.51. The van der Waals surface area contributed by atoms with Gasteiger partial charge in [0.25, 0.3) is 0 Å². The number of carbonyl (C=O) groups excluding carboxylic acids is 1. The maximum Gasteiger partial charge on any atom is 0.324 e. The predicted molar refractivity (Wildman–Crippen MR) is 139 cm³/mol. The summed E-state index contributed by atoms with van der Waals surface area (Å²) in [7, 11) is 0. The Morgan fingerprint density at radius 2 is 1.87 bits per heavy atom. The summed E-state index contributed by atoms with van der Waals surface area (Å²) in [5.41, 5.74) is 2.51. The van der Waals surface area contributed by atoms with Gasteiger partial charge in [0.05, 0.1) is 29.0 Å². The first-order chi connectivity index (χ1) is 18.4. The molecule has 0 saturated heterocycles. The fraction of sp³-hybridized carbons (Fsp3) is 0.111. The van der Waals surface area contributed by atoms with Crippen LogP contribution in [0.2, 0.25) is 0 Å². The van der Waals surface area contributed by atoms with Crippen LogP contribution in [0.1, 0.15) is 25.5 Å². The quantitative estimate of drug-likeness (QED) is 0.229. The summed E-state index contributed by atoms with van der Waals surface area (Å²) >= 11 is 0. The van der Waals surface area contributed by atoms with Crippen LogP contribution >= 0.6 is 0 Å². The number of halogens is 2. The number of H-pyrrole nitrogens is 1. The van der Waals surface area contributed by atoms with Crippen molar-refractivity contribution in [2.75, 3.05) is 10.6 Å².